The van der Waals surface area contributed by atoms with E-state index in [1.54, 1.807) is 6.08 Å². The minimum Gasteiger partial charge on any atom is -0.394 e. The number of nitrogens with one attached hydrogen (secondary N) is 1. The molecule has 1 amide bonds. The monoisotopic (exact) mass is 846 g/mol. The standard InChI is InChI=1S/C57H99NO3/c1-3-5-7-9-11-13-15-17-19-21-23-25-27-29-31-33-35-37-39-41-43-45-47-49-51-53-57(61)58-55(54-59)56(60)52-50-48-46-44-42-40-38-36-34-32-30-28-26-24-22-20-18-16-14-12-10-8-6-4-2/h5,7,11,13,17,19,23,25,29,31,35,37,41,43,50,52,55-56,59-60H,3-4,6,8-10,12,14-16,18,20-22,24,26-28,30,32-34,36,38-40,42,44-49,51,53-54H2,1-2H3,(H,58,61)/b7-5-,13-11-,19-17-,25-23-,31-29-,37-35-,43-41-,52-50+. The van der Waals surface area contributed by atoms with Crippen LogP contribution in [0.5, 0.6) is 0 Å². The molecule has 0 rings (SSSR count). The largest absolute Gasteiger partial charge is 0.394 e. The zero-order valence-corrected chi connectivity index (χ0v) is 40.2. The fourth-order valence-corrected chi connectivity index (χ4v) is 7.39. The smallest absolute Gasteiger partial charge is 0.220 e. The minimum absolute atomic E-state index is 0.0979. The number of carbonyl (C=O) groups excluding carboxylic acids is 1. The lowest BCUT2D eigenvalue weighted by atomic mass is 10.0. The van der Waals surface area contributed by atoms with Crippen molar-refractivity contribution in [1.29, 1.82) is 0 Å². The van der Waals surface area contributed by atoms with Crippen molar-refractivity contribution >= 4 is 5.91 Å². The van der Waals surface area contributed by atoms with Crippen molar-refractivity contribution in [2.45, 2.75) is 251 Å². The summed E-state index contributed by atoms with van der Waals surface area (Å²) in [5.41, 5.74) is 0. The van der Waals surface area contributed by atoms with Crippen molar-refractivity contribution in [1.82, 2.24) is 5.32 Å². The van der Waals surface area contributed by atoms with E-state index in [-0.39, 0.29) is 12.5 Å². The van der Waals surface area contributed by atoms with Gasteiger partial charge in [-0.15, -0.1) is 0 Å². The molecule has 350 valence electrons. The molecule has 0 aliphatic carbocycles. The second-order valence-electron chi connectivity index (χ2n) is 17.2. The Bertz CT molecular complexity index is 1140. The molecule has 4 nitrogen and oxygen atoms in total. The lowest BCUT2D eigenvalue weighted by Crippen LogP contribution is -2.45. The maximum atomic E-state index is 12.4. The molecular weight excluding hydrogens is 747 g/mol. The van der Waals surface area contributed by atoms with Crippen molar-refractivity contribution in [3.8, 4) is 0 Å². The summed E-state index contributed by atoms with van der Waals surface area (Å²) in [6.07, 6.45) is 76.8. The molecule has 0 spiro atoms. The van der Waals surface area contributed by atoms with Gasteiger partial charge in [-0.05, 0) is 77.0 Å². The lowest BCUT2D eigenvalue weighted by molar-refractivity contribution is -0.123. The van der Waals surface area contributed by atoms with E-state index in [0.29, 0.717) is 6.42 Å². The third kappa shape index (κ3) is 48.2. The van der Waals surface area contributed by atoms with Crippen LogP contribution in [0, 0.1) is 0 Å². The van der Waals surface area contributed by atoms with Gasteiger partial charge in [0.05, 0.1) is 18.8 Å². The lowest BCUT2D eigenvalue weighted by Gasteiger charge is -2.19. The molecule has 3 N–H and O–H groups in total. The number of hydrogen-bond acceptors (Lipinski definition) is 3. The van der Waals surface area contributed by atoms with E-state index in [0.717, 1.165) is 83.5 Å². The van der Waals surface area contributed by atoms with Gasteiger partial charge in [-0.3, -0.25) is 4.79 Å². The van der Waals surface area contributed by atoms with Gasteiger partial charge in [-0.25, -0.2) is 0 Å². The predicted octanol–water partition coefficient (Wildman–Crippen LogP) is 17.0. The van der Waals surface area contributed by atoms with Crippen LogP contribution in [-0.2, 0) is 4.79 Å². The summed E-state index contributed by atoms with van der Waals surface area (Å²) in [5, 5.41) is 23.1. The minimum atomic E-state index is -0.861. The molecule has 0 aliphatic rings. The van der Waals surface area contributed by atoms with Crippen molar-refractivity contribution in [2.75, 3.05) is 6.61 Å². The van der Waals surface area contributed by atoms with Crippen LogP contribution in [0.3, 0.4) is 0 Å². The molecule has 2 unspecified atom stereocenters. The molecule has 2 atom stereocenters. The number of aliphatic hydroxyl groups is 2. The van der Waals surface area contributed by atoms with Crippen LogP contribution in [0.2, 0.25) is 0 Å². The first-order valence-electron chi connectivity index (χ1n) is 26.0. The van der Waals surface area contributed by atoms with E-state index in [2.05, 4.69) is 104 Å². The van der Waals surface area contributed by atoms with Gasteiger partial charge in [-0.1, -0.05) is 252 Å². The van der Waals surface area contributed by atoms with Gasteiger partial charge in [0.15, 0.2) is 0 Å². The second-order valence-corrected chi connectivity index (χ2v) is 17.2. The number of rotatable bonds is 46. The summed E-state index contributed by atoms with van der Waals surface area (Å²) in [5.74, 6) is -0.0979. The van der Waals surface area contributed by atoms with Gasteiger partial charge in [0.2, 0.25) is 5.91 Å². The number of hydrogen-bond donors (Lipinski definition) is 3. The van der Waals surface area contributed by atoms with Crippen LogP contribution in [-0.4, -0.2) is 34.9 Å². The molecule has 0 aromatic heterocycles. The molecular formula is C57H99NO3. The molecule has 4 heteroatoms. The summed E-state index contributed by atoms with van der Waals surface area (Å²) in [6.45, 7) is 4.19. The van der Waals surface area contributed by atoms with Crippen LogP contribution in [0.4, 0.5) is 0 Å². The number of aliphatic hydroxyl groups excluding tert-OH is 2. The molecule has 0 fully saturated rings. The number of allylic oxidation sites excluding steroid dienone is 15. The van der Waals surface area contributed by atoms with E-state index in [4.69, 9.17) is 0 Å². The Morgan fingerprint density at radius 2 is 0.721 bits per heavy atom. The number of unbranched alkanes of at least 4 members (excludes halogenated alkanes) is 25. The Kier molecular flexibility index (Phi) is 49.4. The summed E-state index contributed by atoms with van der Waals surface area (Å²) in [6, 6.07) is -0.648. The maximum absolute atomic E-state index is 12.4. The van der Waals surface area contributed by atoms with Gasteiger partial charge in [0.1, 0.15) is 0 Å². The Hall–Kier alpha value is -2.69. The summed E-state index contributed by atoms with van der Waals surface area (Å²) >= 11 is 0. The van der Waals surface area contributed by atoms with Gasteiger partial charge in [0.25, 0.3) is 0 Å². The predicted molar refractivity (Wildman–Crippen MR) is 271 cm³/mol. The average Bonchev–Trinajstić information content (AvgIpc) is 3.26. The molecule has 0 aromatic rings. The van der Waals surface area contributed by atoms with E-state index in [9.17, 15) is 15.0 Å². The van der Waals surface area contributed by atoms with Crippen LogP contribution in [0.1, 0.15) is 239 Å². The van der Waals surface area contributed by atoms with E-state index >= 15 is 0 Å². The Balaban J connectivity index is 3.65. The highest BCUT2D eigenvalue weighted by molar-refractivity contribution is 5.76. The molecule has 0 radical (unpaired) electrons. The Morgan fingerprint density at radius 3 is 1.08 bits per heavy atom. The molecule has 61 heavy (non-hydrogen) atoms. The summed E-state index contributed by atoms with van der Waals surface area (Å²) in [7, 11) is 0. The van der Waals surface area contributed by atoms with E-state index in [1.165, 1.54) is 135 Å². The summed E-state index contributed by atoms with van der Waals surface area (Å²) < 4.78 is 0. The first kappa shape index (κ1) is 58.3. The highest BCUT2D eigenvalue weighted by Gasteiger charge is 2.17. The van der Waals surface area contributed by atoms with Crippen molar-refractivity contribution in [3.05, 3.63) is 97.2 Å². The van der Waals surface area contributed by atoms with Gasteiger partial charge in [-0.2, -0.15) is 0 Å². The number of carbonyl (C=O) groups is 1. The van der Waals surface area contributed by atoms with Crippen molar-refractivity contribution < 1.29 is 15.0 Å². The quantitative estimate of drug-likeness (QED) is 0.0422. The highest BCUT2D eigenvalue weighted by Crippen LogP contribution is 2.16. The van der Waals surface area contributed by atoms with E-state index in [1.807, 2.05) is 6.08 Å². The topological polar surface area (TPSA) is 69.6 Å². The molecule has 0 aliphatic heterocycles. The normalized spacial score (nSPS) is 13.7. The zero-order valence-electron chi connectivity index (χ0n) is 40.2. The molecule has 0 saturated carbocycles. The summed E-state index contributed by atoms with van der Waals surface area (Å²) in [4.78, 5) is 12.4. The van der Waals surface area contributed by atoms with E-state index < -0.39 is 12.1 Å². The van der Waals surface area contributed by atoms with Crippen molar-refractivity contribution in [2.24, 2.45) is 0 Å². The fraction of sp³-hybridized carbons (Fsp3) is 0.702. The third-order valence-corrected chi connectivity index (χ3v) is 11.3. The third-order valence-electron chi connectivity index (χ3n) is 11.3. The van der Waals surface area contributed by atoms with Gasteiger partial charge < -0.3 is 15.5 Å². The maximum Gasteiger partial charge on any atom is 0.220 e. The molecule has 0 aromatic carbocycles. The van der Waals surface area contributed by atoms with Crippen LogP contribution in [0.15, 0.2) is 97.2 Å². The average molecular weight is 846 g/mol. The highest BCUT2D eigenvalue weighted by atomic mass is 16.3. The van der Waals surface area contributed by atoms with Crippen molar-refractivity contribution in [3.63, 3.8) is 0 Å². The zero-order chi connectivity index (χ0) is 44.2. The SMILES string of the molecule is CC/C=C\C/C=C\C/C=C\C/C=C\C/C=C\C/C=C\C/C=C\CCCCCC(=O)NC(CO)C(O)/C=C/CCCCCCCCCCCCCCCCCCCCCCCC. The fourth-order valence-electron chi connectivity index (χ4n) is 7.39. The second kappa shape index (κ2) is 51.7. The Morgan fingerprint density at radius 1 is 0.410 bits per heavy atom. The Labute approximate surface area is 379 Å². The first-order valence-corrected chi connectivity index (χ1v) is 26.0. The molecule has 0 saturated heterocycles. The first-order chi connectivity index (χ1) is 30.2. The molecule has 0 heterocycles. The van der Waals surface area contributed by atoms with Gasteiger partial charge >= 0.3 is 0 Å². The molecule has 0 bridgehead atoms. The van der Waals surface area contributed by atoms with Crippen LogP contribution in [0.25, 0.3) is 0 Å². The van der Waals surface area contributed by atoms with Crippen LogP contribution < -0.4 is 5.32 Å². The van der Waals surface area contributed by atoms with Crippen LogP contribution >= 0.6 is 0 Å². The van der Waals surface area contributed by atoms with Gasteiger partial charge in [0, 0.05) is 6.42 Å². The number of amides is 1.